The monoisotopic (exact) mass is 347 g/mol. The van der Waals surface area contributed by atoms with Gasteiger partial charge in [-0.2, -0.15) is 9.40 Å². The van der Waals surface area contributed by atoms with E-state index < -0.39 is 10.0 Å². The Labute approximate surface area is 141 Å². The van der Waals surface area contributed by atoms with E-state index in [-0.39, 0.29) is 5.92 Å². The Morgan fingerprint density at radius 1 is 1.33 bits per heavy atom. The molecular weight excluding hydrogens is 326 g/mol. The molecule has 7 heteroatoms. The molecule has 0 saturated carbocycles. The van der Waals surface area contributed by atoms with Crippen LogP contribution in [0.25, 0.3) is 0 Å². The summed E-state index contributed by atoms with van der Waals surface area (Å²) in [5.74, 6) is 0.148. The highest BCUT2D eigenvalue weighted by atomic mass is 32.2. The second kappa shape index (κ2) is 5.98. The average Bonchev–Trinajstić information content (AvgIpc) is 2.97. The number of aromatic amines is 1. The zero-order chi connectivity index (χ0) is 16.7. The van der Waals surface area contributed by atoms with E-state index in [0.29, 0.717) is 37.6 Å². The first-order valence-electron chi connectivity index (χ1n) is 8.33. The van der Waals surface area contributed by atoms with Crippen molar-refractivity contribution in [2.75, 3.05) is 19.7 Å². The number of benzene rings is 1. The fraction of sp³-hybridized carbons (Fsp3) is 0.471. The highest BCUT2D eigenvalue weighted by Gasteiger charge is 2.40. The van der Waals surface area contributed by atoms with Crippen LogP contribution in [0, 0.1) is 0 Å². The van der Waals surface area contributed by atoms with Crippen LogP contribution in [0.5, 0.6) is 0 Å². The van der Waals surface area contributed by atoms with Crippen molar-refractivity contribution >= 4 is 10.0 Å². The zero-order valence-corrected chi connectivity index (χ0v) is 14.5. The summed E-state index contributed by atoms with van der Waals surface area (Å²) in [6.07, 6.45) is 1.55. The standard InChI is InChI=1S/C17H21N3O3S/c1-2-12-5-3-4-6-16(12)24(21,22)20-9-13(10-20)17-14-11-23-8-7-15(14)18-19-17/h3-6,13H,2,7-11H2,1H3,(H,18,19). The van der Waals surface area contributed by atoms with Crippen LogP contribution in [0.3, 0.4) is 0 Å². The maximum absolute atomic E-state index is 12.9. The van der Waals surface area contributed by atoms with Gasteiger partial charge in [0.2, 0.25) is 10.0 Å². The van der Waals surface area contributed by atoms with Gasteiger partial charge in [0.05, 0.1) is 23.8 Å². The number of hydrogen-bond acceptors (Lipinski definition) is 4. The molecule has 4 rings (SSSR count). The number of rotatable bonds is 4. The molecule has 24 heavy (non-hydrogen) atoms. The van der Waals surface area contributed by atoms with Gasteiger partial charge in [-0.3, -0.25) is 5.10 Å². The second-order valence-electron chi connectivity index (χ2n) is 6.35. The van der Waals surface area contributed by atoms with Crippen molar-refractivity contribution in [1.29, 1.82) is 0 Å². The summed E-state index contributed by atoms with van der Waals surface area (Å²) in [6, 6.07) is 7.24. The van der Waals surface area contributed by atoms with Crippen molar-refractivity contribution in [2.24, 2.45) is 0 Å². The number of nitrogens with one attached hydrogen (secondary N) is 1. The molecule has 2 aliphatic rings. The van der Waals surface area contributed by atoms with Gasteiger partial charge < -0.3 is 4.74 Å². The lowest BCUT2D eigenvalue weighted by atomic mass is 9.94. The summed E-state index contributed by atoms with van der Waals surface area (Å²) < 4.78 is 32.8. The summed E-state index contributed by atoms with van der Waals surface area (Å²) in [5.41, 5.74) is 4.09. The Morgan fingerprint density at radius 2 is 2.12 bits per heavy atom. The van der Waals surface area contributed by atoms with Crippen molar-refractivity contribution in [2.45, 2.75) is 37.2 Å². The molecule has 6 nitrogen and oxygen atoms in total. The first kappa shape index (κ1) is 15.8. The molecule has 1 aromatic carbocycles. The van der Waals surface area contributed by atoms with Crippen LogP contribution < -0.4 is 0 Å². The Balaban J connectivity index is 1.54. The molecule has 0 unspecified atom stereocenters. The topological polar surface area (TPSA) is 75.3 Å². The summed E-state index contributed by atoms with van der Waals surface area (Å²) in [5, 5.41) is 7.50. The van der Waals surface area contributed by atoms with Crippen molar-refractivity contribution in [3.8, 4) is 0 Å². The third-order valence-electron chi connectivity index (χ3n) is 4.93. The van der Waals surface area contributed by atoms with Crippen molar-refractivity contribution in [1.82, 2.24) is 14.5 Å². The molecule has 0 aliphatic carbocycles. The lowest BCUT2D eigenvalue weighted by Crippen LogP contribution is -2.48. The molecule has 1 fully saturated rings. The fourth-order valence-corrected chi connectivity index (χ4v) is 5.29. The Kier molecular flexibility index (Phi) is 3.94. The van der Waals surface area contributed by atoms with Crippen LogP contribution in [-0.2, 0) is 34.2 Å². The Hall–Kier alpha value is -1.70. The van der Waals surface area contributed by atoms with Gasteiger partial charge in [0.25, 0.3) is 0 Å². The SMILES string of the molecule is CCc1ccccc1S(=O)(=O)N1CC(c2n[nH]c3c2COCC3)C1. The lowest BCUT2D eigenvalue weighted by molar-refractivity contribution is 0.108. The number of hydrogen-bond donors (Lipinski definition) is 1. The predicted molar refractivity (Wildman–Crippen MR) is 89.3 cm³/mol. The minimum atomic E-state index is -3.43. The minimum Gasteiger partial charge on any atom is -0.376 e. The molecule has 0 spiro atoms. The van der Waals surface area contributed by atoms with Crippen LogP contribution in [0.1, 0.15) is 35.4 Å². The predicted octanol–water partition coefficient (Wildman–Crippen LogP) is 1.83. The van der Waals surface area contributed by atoms with E-state index in [4.69, 9.17) is 4.74 Å². The molecule has 3 heterocycles. The Bertz CT molecular complexity index is 854. The van der Waals surface area contributed by atoms with E-state index in [0.717, 1.165) is 28.9 Å². The maximum atomic E-state index is 12.9. The van der Waals surface area contributed by atoms with Crippen molar-refractivity contribution in [3.63, 3.8) is 0 Å². The normalized spacial score (nSPS) is 19.0. The largest absolute Gasteiger partial charge is 0.376 e. The van der Waals surface area contributed by atoms with Crippen LogP contribution in [-0.4, -0.2) is 42.6 Å². The van der Waals surface area contributed by atoms with Crippen LogP contribution in [0.2, 0.25) is 0 Å². The van der Waals surface area contributed by atoms with Gasteiger partial charge in [-0.1, -0.05) is 25.1 Å². The number of aryl methyl sites for hydroxylation is 1. The first-order chi connectivity index (χ1) is 11.6. The first-order valence-corrected chi connectivity index (χ1v) is 9.77. The molecule has 0 bridgehead atoms. The Morgan fingerprint density at radius 3 is 2.92 bits per heavy atom. The van der Waals surface area contributed by atoms with E-state index >= 15 is 0 Å². The number of sulfonamides is 1. The van der Waals surface area contributed by atoms with Gasteiger partial charge in [-0.05, 0) is 18.1 Å². The van der Waals surface area contributed by atoms with E-state index in [9.17, 15) is 8.42 Å². The minimum absolute atomic E-state index is 0.148. The number of fused-ring (bicyclic) bond motifs is 1. The number of aromatic nitrogens is 2. The summed E-state index contributed by atoms with van der Waals surface area (Å²) in [4.78, 5) is 0.429. The van der Waals surface area contributed by atoms with Gasteiger partial charge in [-0.25, -0.2) is 8.42 Å². The molecule has 1 aromatic heterocycles. The molecule has 2 aliphatic heterocycles. The van der Waals surface area contributed by atoms with Gasteiger partial charge in [0, 0.05) is 36.7 Å². The molecule has 1 N–H and O–H groups in total. The van der Waals surface area contributed by atoms with Crippen LogP contribution in [0.15, 0.2) is 29.2 Å². The summed E-state index contributed by atoms with van der Waals surface area (Å²) >= 11 is 0. The molecule has 0 atom stereocenters. The second-order valence-corrected chi connectivity index (χ2v) is 8.26. The summed E-state index contributed by atoms with van der Waals surface area (Å²) in [6.45, 7) is 4.23. The van der Waals surface area contributed by atoms with Crippen LogP contribution in [0.4, 0.5) is 0 Å². The van der Waals surface area contributed by atoms with E-state index in [1.54, 1.807) is 16.4 Å². The molecular formula is C17H21N3O3S. The number of nitrogens with zero attached hydrogens (tertiary/aromatic N) is 2. The van der Waals surface area contributed by atoms with Gasteiger partial charge in [-0.15, -0.1) is 0 Å². The van der Waals surface area contributed by atoms with E-state index in [1.165, 1.54) is 0 Å². The van der Waals surface area contributed by atoms with E-state index in [1.807, 2.05) is 19.1 Å². The van der Waals surface area contributed by atoms with Gasteiger partial charge >= 0.3 is 0 Å². The molecule has 2 aromatic rings. The third kappa shape index (κ3) is 2.47. The number of H-pyrrole nitrogens is 1. The average molecular weight is 347 g/mol. The van der Waals surface area contributed by atoms with Gasteiger partial charge in [0.1, 0.15) is 0 Å². The highest BCUT2D eigenvalue weighted by Crippen LogP contribution is 2.35. The molecule has 1 saturated heterocycles. The lowest BCUT2D eigenvalue weighted by Gasteiger charge is -2.38. The maximum Gasteiger partial charge on any atom is 0.243 e. The summed E-state index contributed by atoms with van der Waals surface area (Å²) in [7, 11) is -3.43. The van der Waals surface area contributed by atoms with Crippen molar-refractivity contribution in [3.05, 3.63) is 46.8 Å². The van der Waals surface area contributed by atoms with Gasteiger partial charge in [0.15, 0.2) is 0 Å². The molecule has 0 radical (unpaired) electrons. The smallest absolute Gasteiger partial charge is 0.243 e. The van der Waals surface area contributed by atoms with E-state index in [2.05, 4.69) is 10.2 Å². The fourth-order valence-electron chi connectivity index (χ4n) is 3.47. The molecule has 128 valence electrons. The third-order valence-corrected chi connectivity index (χ3v) is 6.87. The van der Waals surface area contributed by atoms with Crippen LogP contribution >= 0.6 is 0 Å². The quantitative estimate of drug-likeness (QED) is 0.916. The number of ether oxygens (including phenoxy) is 1. The van der Waals surface area contributed by atoms with Crippen molar-refractivity contribution < 1.29 is 13.2 Å². The zero-order valence-electron chi connectivity index (χ0n) is 13.7. The molecule has 0 amide bonds. The highest BCUT2D eigenvalue weighted by molar-refractivity contribution is 7.89.